The molecule has 1 saturated heterocycles. The van der Waals surface area contributed by atoms with Crippen molar-refractivity contribution in [2.75, 3.05) is 20.1 Å². The van der Waals surface area contributed by atoms with Gasteiger partial charge in [-0.05, 0) is 45.4 Å². The number of likely N-dealkylation sites (N-methyl/N-ethyl adjacent to an activating group) is 1. The van der Waals surface area contributed by atoms with E-state index >= 15 is 0 Å². The van der Waals surface area contributed by atoms with Crippen LogP contribution >= 0.6 is 0 Å². The molecule has 0 saturated carbocycles. The van der Waals surface area contributed by atoms with Crippen molar-refractivity contribution in [3.63, 3.8) is 0 Å². The highest BCUT2D eigenvalue weighted by Crippen LogP contribution is 2.20. The maximum absolute atomic E-state index is 12.6. The largest absolute Gasteiger partial charge is 0.334 e. The predicted molar refractivity (Wildman–Crippen MR) is 71.6 cm³/mol. The summed E-state index contributed by atoms with van der Waals surface area (Å²) in [7, 11) is 1.94. The summed E-state index contributed by atoms with van der Waals surface area (Å²) in [6.45, 7) is 3.62. The molecule has 4 nitrogen and oxygen atoms in total. The molecule has 98 valence electrons. The van der Waals surface area contributed by atoms with Crippen LogP contribution in [0.2, 0.25) is 0 Å². The molecule has 1 aliphatic rings. The van der Waals surface area contributed by atoms with E-state index in [9.17, 15) is 4.79 Å². The SMILES string of the molecule is CNCC1CCCCN1C(=O)c1cccnc1C. The third-order valence-corrected chi connectivity index (χ3v) is 3.57. The zero-order chi connectivity index (χ0) is 13.0. The molecule has 4 heteroatoms. The molecule has 1 unspecified atom stereocenters. The molecule has 1 atom stereocenters. The number of nitrogens with zero attached hydrogens (tertiary/aromatic N) is 2. The number of hydrogen-bond donors (Lipinski definition) is 1. The van der Waals surface area contributed by atoms with Crippen LogP contribution in [0.1, 0.15) is 35.3 Å². The normalized spacial score (nSPS) is 19.9. The summed E-state index contributed by atoms with van der Waals surface area (Å²) in [5.74, 6) is 0.126. The van der Waals surface area contributed by atoms with Crippen molar-refractivity contribution < 1.29 is 4.79 Å². The third-order valence-electron chi connectivity index (χ3n) is 3.57. The number of aryl methyl sites for hydroxylation is 1. The van der Waals surface area contributed by atoms with E-state index in [2.05, 4.69) is 10.3 Å². The number of hydrogen-bond acceptors (Lipinski definition) is 3. The minimum Gasteiger partial charge on any atom is -0.334 e. The Bertz CT molecular complexity index is 417. The van der Waals surface area contributed by atoms with Crippen LogP contribution in [0.4, 0.5) is 0 Å². The first-order valence-corrected chi connectivity index (χ1v) is 6.61. The Morgan fingerprint density at radius 2 is 2.39 bits per heavy atom. The molecule has 1 aliphatic heterocycles. The van der Waals surface area contributed by atoms with Crippen molar-refractivity contribution in [1.82, 2.24) is 15.2 Å². The van der Waals surface area contributed by atoms with Crippen LogP contribution in [0, 0.1) is 6.92 Å². The molecule has 1 amide bonds. The molecular weight excluding hydrogens is 226 g/mol. The fourth-order valence-corrected chi connectivity index (χ4v) is 2.58. The Labute approximate surface area is 108 Å². The molecule has 0 bridgehead atoms. The second-order valence-electron chi connectivity index (χ2n) is 4.84. The zero-order valence-electron chi connectivity index (χ0n) is 11.1. The average Bonchev–Trinajstić information content (AvgIpc) is 2.40. The van der Waals surface area contributed by atoms with Gasteiger partial charge in [-0.3, -0.25) is 9.78 Å². The molecule has 18 heavy (non-hydrogen) atoms. The standard InChI is InChI=1S/C14H21N3O/c1-11-13(7-5-8-16-11)14(18)17-9-4-3-6-12(17)10-15-2/h5,7-8,12,15H,3-4,6,9-10H2,1-2H3. The van der Waals surface area contributed by atoms with Gasteiger partial charge in [-0.15, -0.1) is 0 Å². The fraction of sp³-hybridized carbons (Fsp3) is 0.571. The van der Waals surface area contributed by atoms with Gasteiger partial charge >= 0.3 is 0 Å². The van der Waals surface area contributed by atoms with Crippen molar-refractivity contribution in [1.29, 1.82) is 0 Å². The summed E-state index contributed by atoms with van der Waals surface area (Å²) in [5.41, 5.74) is 1.55. The summed E-state index contributed by atoms with van der Waals surface area (Å²) < 4.78 is 0. The van der Waals surface area contributed by atoms with Gasteiger partial charge in [0, 0.05) is 31.0 Å². The molecule has 0 aliphatic carbocycles. The summed E-state index contributed by atoms with van der Waals surface area (Å²) in [6.07, 6.45) is 5.13. The summed E-state index contributed by atoms with van der Waals surface area (Å²) in [5, 5.41) is 3.18. The van der Waals surface area contributed by atoms with E-state index < -0.39 is 0 Å². The number of piperidine rings is 1. The Kier molecular flexibility index (Phi) is 4.31. The topological polar surface area (TPSA) is 45.2 Å². The van der Waals surface area contributed by atoms with Gasteiger partial charge in [-0.2, -0.15) is 0 Å². The smallest absolute Gasteiger partial charge is 0.255 e. The van der Waals surface area contributed by atoms with Crippen molar-refractivity contribution in [3.05, 3.63) is 29.6 Å². The van der Waals surface area contributed by atoms with Crippen molar-refractivity contribution in [3.8, 4) is 0 Å². The fourth-order valence-electron chi connectivity index (χ4n) is 2.58. The number of nitrogens with one attached hydrogen (secondary N) is 1. The molecule has 0 radical (unpaired) electrons. The predicted octanol–water partition coefficient (Wildman–Crippen LogP) is 1.60. The molecule has 1 fully saturated rings. The lowest BCUT2D eigenvalue weighted by molar-refractivity contribution is 0.0614. The lowest BCUT2D eigenvalue weighted by Crippen LogP contribution is -2.48. The number of aromatic nitrogens is 1. The molecule has 2 heterocycles. The van der Waals surface area contributed by atoms with E-state index in [4.69, 9.17) is 0 Å². The molecule has 0 spiro atoms. The van der Waals surface area contributed by atoms with Crippen molar-refractivity contribution in [2.24, 2.45) is 0 Å². The van der Waals surface area contributed by atoms with E-state index in [1.54, 1.807) is 6.20 Å². The number of likely N-dealkylation sites (tertiary alicyclic amines) is 1. The Morgan fingerprint density at radius 3 is 3.11 bits per heavy atom. The van der Waals surface area contributed by atoms with E-state index in [1.807, 2.05) is 31.0 Å². The summed E-state index contributed by atoms with van der Waals surface area (Å²) >= 11 is 0. The minimum absolute atomic E-state index is 0.126. The Hall–Kier alpha value is -1.42. The van der Waals surface area contributed by atoms with E-state index in [0.717, 1.165) is 37.2 Å². The van der Waals surface area contributed by atoms with Gasteiger partial charge in [0.2, 0.25) is 0 Å². The second-order valence-corrected chi connectivity index (χ2v) is 4.84. The van der Waals surface area contributed by atoms with Crippen LogP contribution in [0.25, 0.3) is 0 Å². The molecule has 1 aromatic rings. The highest BCUT2D eigenvalue weighted by molar-refractivity contribution is 5.95. The van der Waals surface area contributed by atoms with Gasteiger partial charge in [0.25, 0.3) is 5.91 Å². The van der Waals surface area contributed by atoms with Gasteiger partial charge in [0.1, 0.15) is 0 Å². The molecule has 2 rings (SSSR count). The van der Waals surface area contributed by atoms with Gasteiger partial charge in [0.15, 0.2) is 0 Å². The van der Waals surface area contributed by atoms with Crippen LogP contribution in [0.3, 0.4) is 0 Å². The minimum atomic E-state index is 0.126. The third kappa shape index (κ3) is 2.70. The van der Waals surface area contributed by atoms with Crippen molar-refractivity contribution >= 4 is 5.91 Å². The zero-order valence-corrected chi connectivity index (χ0v) is 11.1. The molecule has 1 aromatic heterocycles. The maximum atomic E-state index is 12.6. The first-order valence-electron chi connectivity index (χ1n) is 6.61. The first-order chi connectivity index (χ1) is 8.74. The van der Waals surface area contributed by atoms with Crippen molar-refractivity contribution in [2.45, 2.75) is 32.2 Å². The van der Waals surface area contributed by atoms with Crippen LogP contribution in [-0.2, 0) is 0 Å². The number of carbonyl (C=O) groups excluding carboxylic acids is 1. The van der Waals surface area contributed by atoms with Gasteiger partial charge in [-0.25, -0.2) is 0 Å². The number of carbonyl (C=O) groups is 1. The van der Waals surface area contributed by atoms with Gasteiger partial charge in [-0.1, -0.05) is 0 Å². The van der Waals surface area contributed by atoms with E-state index in [-0.39, 0.29) is 5.91 Å². The monoisotopic (exact) mass is 247 g/mol. The average molecular weight is 247 g/mol. The Morgan fingerprint density at radius 1 is 1.56 bits per heavy atom. The van der Waals surface area contributed by atoms with Gasteiger partial charge < -0.3 is 10.2 Å². The van der Waals surface area contributed by atoms with Crippen LogP contribution < -0.4 is 5.32 Å². The highest BCUT2D eigenvalue weighted by Gasteiger charge is 2.27. The Balaban J connectivity index is 2.18. The van der Waals surface area contributed by atoms with E-state index in [1.165, 1.54) is 6.42 Å². The van der Waals surface area contributed by atoms with Crippen LogP contribution in [0.5, 0.6) is 0 Å². The number of pyridine rings is 1. The van der Waals surface area contributed by atoms with Crippen LogP contribution in [-0.4, -0.2) is 42.0 Å². The lowest BCUT2D eigenvalue weighted by atomic mass is 10.0. The van der Waals surface area contributed by atoms with Crippen LogP contribution in [0.15, 0.2) is 18.3 Å². The maximum Gasteiger partial charge on any atom is 0.255 e. The lowest BCUT2D eigenvalue weighted by Gasteiger charge is -2.36. The second kappa shape index (κ2) is 5.96. The summed E-state index contributed by atoms with van der Waals surface area (Å²) in [4.78, 5) is 18.8. The number of rotatable bonds is 3. The number of amides is 1. The van der Waals surface area contributed by atoms with Gasteiger partial charge in [0.05, 0.1) is 5.56 Å². The molecule has 1 N–H and O–H groups in total. The molecular formula is C14H21N3O. The first kappa shape index (κ1) is 13.0. The quantitative estimate of drug-likeness (QED) is 0.882. The van der Waals surface area contributed by atoms with E-state index in [0.29, 0.717) is 6.04 Å². The highest BCUT2D eigenvalue weighted by atomic mass is 16.2. The molecule has 0 aromatic carbocycles. The summed E-state index contributed by atoms with van der Waals surface area (Å²) in [6, 6.07) is 4.02.